The molecule has 4 rings (SSSR count). The Hall–Kier alpha value is -3.14. The van der Waals surface area contributed by atoms with Crippen LogP contribution in [0.15, 0.2) is 82.2 Å². The normalized spacial score (nSPS) is 11.0. The summed E-state index contributed by atoms with van der Waals surface area (Å²) < 4.78 is 6.83. The minimum atomic E-state index is -0.131. The van der Waals surface area contributed by atoms with E-state index in [0.29, 0.717) is 18.0 Å². The number of aromatic nitrogens is 2. The molecular weight excluding hydrogens is 288 g/mol. The lowest BCUT2D eigenvalue weighted by molar-refractivity contribution is 0.569. The summed E-state index contributed by atoms with van der Waals surface area (Å²) in [5.41, 5.74) is 1.58. The lowest BCUT2D eigenvalue weighted by Gasteiger charge is -2.09. The van der Waals surface area contributed by atoms with Crippen LogP contribution in [0.4, 0.5) is 0 Å². The van der Waals surface area contributed by atoms with Gasteiger partial charge in [-0.25, -0.2) is 4.68 Å². The van der Waals surface area contributed by atoms with Crippen molar-refractivity contribution in [1.29, 1.82) is 0 Å². The van der Waals surface area contributed by atoms with Crippen molar-refractivity contribution in [2.45, 2.75) is 6.54 Å². The average Bonchev–Trinajstić information content (AvgIpc) is 3.12. The monoisotopic (exact) mass is 302 g/mol. The molecule has 4 nitrogen and oxygen atoms in total. The summed E-state index contributed by atoms with van der Waals surface area (Å²) in [5, 5.41) is 6.71. The number of nitrogens with zero attached hydrogens (tertiary/aromatic N) is 2. The summed E-state index contributed by atoms with van der Waals surface area (Å²) in [5.74, 6) is 0.650. The Kier molecular flexibility index (Phi) is 3.27. The highest BCUT2D eigenvalue weighted by Gasteiger charge is 2.07. The molecule has 0 atom stereocenters. The molecule has 23 heavy (non-hydrogen) atoms. The highest BCUT2D eigenvalue weighted by Crippen LogP contribution is 2.19. The molecule has 112 valence electrons. The predicted molar refractivity (Wildman–Crippen MR) is 89.2 cm³/mol. The van der Waals surface area contributed by atoms with Crippen molar-refractivity contribution in [3.63, 3.8) is 0 Å². The van der Waals surface area contributed by atoms with Gasteiger partial charge in [-0.05, 0) is 34.5 Å². The third kappa shape index (κ3) is 2.55. The molecule has 0 aliphatic rings. The molecule has 0 fully saturated rings. The van der Waals surface area contributed by atoms with Gasteiger partial charge in [-0.15, -0.1) is 0 Å². The molecule has 0 saturated carbocycles. The largest absolute Gasteiger partial charge is 0.463 e. The zero-order chi connectivity index (χ0) is 15.6. The molecule has 0 saturated heterocycles. The first kappa shape index (κ1) is 13.5. The first-order chi connectivity index (χ1) is 11.3. The van der Waals surface area contributed by atoms with Crippen molar-refractivity contribution in [3.05, 3.63) is 88.9 Å². The maximum Gasteiger partial charge on any atom is 0.267 e. The van der Waals surface area contributed by atoms with Crippen LogP contribution in [0.25, 0.3) is 22.2 Å². The van der Waals surface area contributed by atoms with Crippen LogP contribution in [0, 0.1) is 0 Å². The van der Waals surface area contributed by atoms with Gasteiger partial charge in [0, 0.05) is 6.07 Å². The minimum absolute atomic E-state index is 0.131. The smallest absolute Gasteiger partial charge is 0.267 e. The molecule has 2 aromatic carbocycles. The van der Waals surface area contributed by atoms with Crippen LogP contribution in [0.5, 0.6) is 0 Å². The molecule has 2 aromatic heterocycles. The molecule has 0 spiro atoms. The van der Waals surface area contributed by atoms with Gasteiger partial charge in [-0.2, -0.15) is 5.10 Å². The first-order valence-corrected chi connectivity index (χ1v) is 7.40. The van der Waals surface area contributed by atoms with Crippen molar-refractivity contribution < 1.29 is 4.42 Å². The lowest BCUT2D eigenvalue weighted by atomic mass is 10.0. The number of hydrogen-bond acceptors (Lipinski definition) is 3. The summed E-state index contributed by atoms with van der Waals surface area (Å²) in [6, 6.07) is 21.1. The maximum absolute atomic E-state index is 12.2. The molecule has 0 aliphatic carbocycles. The van der Waals surface area contributed by atoms with Crippen molar-refractivity contribution in [3.8, 4) is 11.5 Å². The van der Waals surface area contributed by atoms with Gasteiger partial charge in [0.05, 0.1) is 12.8 Å². The number of rotatable bonds is 3. The summed E-state index contributed by atoms with van der Waals surface area (Å²) in [6.45, 7) is 0.425. The van der Waals surface area contributed by atoms with E-state index in [-0.39, 0.29) is 5.56 Å². The van der Waals surface area contributed by atoms with E-state index in [1.165, 1.54) is 10.7 Å². The van der Waals surface area contributed by atoms with Crippen LogP contribution < -0.4 is 5.56 Å². The van der Waals surface area contributed by atoms with E-state index in [0.717, 1.165) is 16.3 Å². The van der Waals surface area contributed by atoms with Gasteiger partial charge in [0.15, 0.2) is 5.76 Å². The highest BCUT2D eigenvalue weighted by atomic mass is 16.3. The van der Waals surface area contributed by atoms with E-state index < -0.39 is 0 Å². The van der Waals surface area contributed by atoms with Gasteiger partial charge >= 0.3 is 0 Å². The number of benzene rings is 2. The van der Waals surface area contributed by atoms with E-state index in [2.05, 4.69) is 23.3 Å². The molecule has 0 amide bonds. The fraction of sp³-hybridized carbons (Fsp3) is 0.0526. The SMILES string of the molecule is O=c1ccc(-c2ccco2)nn1Cc1cccc2ccccc12. The molecule has 0 bridgehead atoms. The molecule has 0 unspecified atom stereocenters. The van der Waals surface area contributed by atoms with Crippen molar-refractivity contribution >= 4 is 10.8 Å². The van der Waals surface area contributed by atoms with Crippen LogP contribution in [0.2, 0.25) is 0 Å². The Morgan fingerprint density at radius 3 is 2.65 bits per heavy atom. The van der Waals surface area contributed by atoms with E-state index in [1.54, 1.807) is 18.4 Å². The Balaban J connectivity index is 1.79. The van der Waals surface area contributed by atoms with Gasteiger partial charge in [-0.3, -0.25) is 4.79 Å². The van der Waals surface area contributed by atoms with Crippen LogP contribution >= 0.6 is 0 Å². The Morgan fingerprint density at radius 1 is 0.913 bits per heavy atom. The Labute approximate surface area is 132 Å². The van der Waals surface area contributed by atoms with Gasteiger partial charge in [-0.1, -0.05) is 42.5 Å². The molecule has 2 heterocycles. The number of furan rings is 1. The Morgan fingerprint density at radius 2 is 1.78 bits per heavy atom. The van der Waals surface area contributed by atoms with Crippen LogP contribution in [0.1, 0.15) is 5.56 Å². The number of fused-ring (bicyclic) bond motifs is 1. The molecular formula is C19H14N2O2. The second-order valence-corrected chi connectivity index (χ2v) is 5.33. The van der Waals surface area contributed by atoms with E-state index >= 15 is 0 Å². The predicted octanol–water partition coefficient (Wildman–Crippen LogP) is 3.70. The second-order valence-electron chi connectivity index (χ2n) is 5.33. The standard InChI is InChI=1S/C19H14N2O2/c22-19-11-10-17(18-9-4-12-23-18)20-21(19)13-15-7-3-6-14-5-1-2-8-16(14)15/h1-12H,13H2. The summed E-state index contributed by atoms with van der Waals surface area (Å²) in [7, 11) is 0. The zero-order valence-electron chi connectivity index (χ0n) is 12.3. The highest BCUT2D eigenvalue weighted by molar-refractivity contribution is 5.85. The van der Waals surface area contributed by atoms with Gasteiger partial charge in [0.1, 0.15) is 5.69 Å². The average molecular weight is 302 g/mol. The molecule has 0 aliphatic heterocycles. The molecule has 0 N–H and O–H groups in total. The first-order valence-electron chi connectivity index (χ1n) is 7.40. The minimum Gasteiger partial charge on any atom is -0.463 e. The van der Waals surface area contributed by atoms with Crippen LogP contribution in [0.3, 0.4) is 0 Å². The van der Waals surface area contributed by atoms with Crippen molar-refractivity contribution in [2.75, 3.05) is 0 Å². The summed E-state index contributed by atoms with van der Waals surface area (Å²) >= 11 is 0. The van der Waals surface area contributed by atoms with Crippen LogP contribution in [-0.2, 0) is 6.54 Å². The second kappa shape index (κ2) is 5.57. The van der Waals surface area contributed by atoms with Gasteiger partial charge in [0.2, 0.25) is 0 Å². The zero-order valence-corrected chi connectivity index (χ0v) is 12.3. The molecule has 0 radical (unpaired) electrons. The maximum atomic E-state index is 12.2. The van der Waals surface area contributed by atoms with Crippen molar-refractivity contribution in [1.82, 2.24) is 9.78 Å². The molecule has 4 aromatic rings. The van der Waals surface area contributed by atoms with Crippen LogP contribution in [-0.4, -0.2) is 9.78 Å². The third-order valence-electron chi connectivity index (χ3n) is 3.84. The van der Waals surface area contributed by atoms with E-state index in [4.69, 9.17) is 4.42 Å². The fourth-order valence-electron chi connectivity index (χ4n) is 2.71. The lowest BCUT2D eigenvalue weighted by Crippen LogP contribution is -2.22. The number of hydrogen-bond donors (Lipinski definition) is 0. The quantitative estimate of drug-likeness (QED) is 0.579. The van der Waals surface area contributed by atoms with E-state index in [9.17, 15) is 4.79 Å². The van der Waals surface area contributed by atoms with Crippen molar-refractivity contribution in [2.24, 2.45) is 0 Å². The van der Waals surface area contributed by atoms with Gasteiger partial charge < -0.3 is 4.42 Å². The third-order valence-corrected chi connectivity index (χ3v) is 3.84. The summed E-state index contributed by atoms with van der Waals surface area (Å²) in [4.78, 5) is 12.2. The fourth-order valence-corrected chi connectivity index (χ4v) is 2.71. The Bertz CT molecular complexity index is 1010. The summed E-state index contributed by atoms with van der Waals surface area (Å²) in [6.07, 6.45) is 1.59. The van der Waals surface area contributed by atoms with E-state index in [1.807, 2.05) is 30.3 Å². The topological polar surface area (TPSA) is 48.0 Å². The van der Waals surface area contributed by atoms with Gasteiger partial charge in [0.25, 0.3) is 5.56 Å². The molecule has 4 heteroatoms.